The third-order valence-corrected chi connectivity index (χ3v) is 3.25. The van der Waals surface area contributed by atoms with Crippen molar-refractivity contribution in [3.05, 3.63) is 0 Å². The van der Waals surface area contributed by atoms with E-state index in [4.69, 9.17) is 0 Å². The monoisotopic (exact) mass is 259 g/mol. The van der Waals surface area contributed by atoms with Crippen LogP contribution in [0.25, 0.3) is 0 Å². The van der Waals surface area contributed by atoms with Gasteiger partial charge < -0.3 is 5.32 Å². The maximum atomic E-state index is 11.2. The van der Waals surface area contributed by atoms with Gasteiger partial charge in [-0.15, -0.1) is 0 Å². The summed E-state index contributed by atoms with van der Waals surface area (Å²) >= 11 is 4.20. The number of hydrogen-bond donors (Lipinski definition) is 2. The lowest BCUT2D eigenvalue weighted by Crippen LogP contribution is -2.21. The molecule has 3 heteroatoms. The van der Waals surface area contributed by atoms with Crippen molar-refractivity contribution in [1.29, 1.82) is 0 Å². The summed E-state index contributed by atoms with van der Waals surface area (Å²) in [5, 5.41) is 2.83. The Kier molecular flexibility index (Phi) is 13.7. The van der Waals surface area contributed by atoms with E-state index in [9.17, 15) is 4.79 Å². The van der Waals surface area contributed by atoms with Crippen LogP contribution in [0, 0.1) is 0 Å². The smallest absolute Gasteiger partial charge is 0.219 e. The van der Waals surface area contributed by atoms with E-state index in [-0.39, 0.29) is 5.91 Å². The quantitative estimate of drug-likeness (QED) is 0.403. The molecule has 0 aliphatic heterocycles. The lowest BCUT2D eigenvalue weighted by molar-refractivity contribution is -0.121. The zero-order chi connectivity index (χ0) is 12.8. The standard InChI is InChI=1S/C14H29NOS/c1-2-15-14(16)12-10-8-6-4-3-5-7-9-11-13-17/h17H,2-13H2,1H3,(H,15,16). The molecule has 0 radical (unpaired) electrons. The molecule has 0 bridgehead atoms. The molecule has 1 amide bonds. The van der Waals surface area contributed by atoms with Gasteiger partial charge in [-0.2, -0.15) is 12.6 Å². The lowest BCUT2D eigenvalue weighted by Gasteiger charge is -2.03. The average Bonchev–Trinajstić information content (AvgIpc) is 2.32. The molecule has 0 aromatic heterocycles. The van der Waals surface area contributed by atoms with Crippen LogP contribution in [0.4, 0.5) is 0 Å². The van der Waals surface area contributed by atoms with Gasteiger partial charge in [-0.05, 0) is 25.5 Å². The van der Waals surface area contributed by atoms with Gasteiger partial charge in [0.05, 0.1) is 0 Å². The maximum Gasteiger partial charge on any atom is 0.219 e. The van der Waals surface area contributed by atoms with E-state index in [2.05, 4.69) is 17.9 Å². The fourth-order valence-corrected chi connectivity index (χ4v) is 2.14. The number of carbonyl (C=O) groups excluding carboxylic acids is 1. The van der Waals surface area contributed by atoms with Crippen LogP contribution in [0.5, 0.6) is 0 Å². The van der Waals surface area contributed by atoms with Gasteiger partial charge in [0.2, 0.25) is 5.91 Å². The van der Waals surface area contributed by atoms with Gasteiger partial charge in [0, 0.05) is 13.0 Å². The van der Waals surface area contributed by atoms with E-state index in [1.165, 1.54) is 51.4 Å². The molecule has 0 unspecified atom stereocenters. The maximum absolute atomic E-state index is 11.2. The molecule has 17 heavy (non-hydrogen) atoms. The molecular formula is C14H29NOS. The van der Waals surface area contributed by atoms with Crippen LogP contribution in [0.15, 0.2) is 0 Å². The Hall–Kier alpha value is -0.180. The Bertz CT molecular complexity index is 174. The molecule has 0 aromatic rings. The second kappa shape index (κ2) is 13.9. The van der Waals surface area contributed by atoms with Gasteiger partial charge in [0.25, 0.3) is 0 Å². The van der Waals surface area contributed by atoms with Crippen LogP contribution in [-0.4, -0.2) is 18.2 Å². The summed E-state index contributed by atoms with van der Waals surface area (Å²) in [6.07, 6.45) is 12.2. The van der Waals surface area contributed by atoms with Crippen molar-refractivity contribution in [2.45, 2.75) is 71.1 Å². The molecule has 0 saturated carbocycles. The number of unbranched alkanes of at least 4 members (excludes halogenated alkanes) is 8. The second-order valence-corrected chi connectivity index (χ2v) is 5.06. The zero-order valence-corrected chi connectivity index (χ0v) is 12.2. The third kappa shape index (κ3) is 13.8. The molecule has 0 saturated heterocycles. The van der Waals surface area contributed by atoms with Gasteiger partial charge >= 0.3 is 0 Å². The van der Waals surface area contributed by atoms with Crippen LogP contribution in [-0.2, 0) is 4.79 Å². The topological polar surface area (TPSA) is 29.1 Å². The normalized spacial score (nSPS) is 10.5. The van der Waals surface area contributed by atoms with Gasteiger partial charge in [0.1, 0.15) is 0 Å². The molecular weight excluding hydrogens is 230 g/mol. The minimum absolute atomic E-state index is 0.208. The summed E-state index contributed by atoms with van der Waals surface area (Å²) in [5.41, 5.74) is 0. The van der Waals surface area contributed by atoms with Gasteiger partial charge in [-0.3, -0.25) is 4.79 Å². The van der Waals surface area contributed by atoms with E-state index in [0.29, 0.717) is 6.42 Å². The highest BCUT2D eigenvalue weighted by Crippen LogP contribution is 2.10. The van der Waals surface area contributed by atoms with Crippen molar-refractivity contribution in [3.8, 4) is 0 Å². The number of nitrogens with one attached hydrogen (secondary N) is 1. The first-order chi connectivity index (χ1) is 8.31. The fourth-order valence-electron chi connectivity index (χ4n) is 1.92. The number of amides is 1. The van der Waals surface area contributed by atoms with Gasteiger partial charge in [-0.1, -0.05) is 44.9 Å². The zero-order valence-electron chi connectivity index (χ0n) is 11.3. The molecule has 102 valence electrons. The fraction of sp³-hybridized carbons (Fsp3) is 0.929. The summed E-state index contributed by atoms with van der Waals surface area (Å²) in [4.78, 5) is 11.2. The van der Waals surface area contributed by atoms with E-state index >= 15 is 0 Å². The highest BCUT2D eigenvalue weighted by atomic mass is 32.1. The predicted molar refractivity (Wildman–Crippen MR) is 78.7 cm³/mol. The van der Waals surface area contributed by atoms with E-state index in [1.54, 1.807) is 0 Å². The Morgan fingerprint density at radius 2 is 1.35 bits per heavy atom. The first-order valence-corrected chi connectivity index (χ1v) is 7.82. The van der Waals surface area contributed by atoms with Crippen molar-refractivity contribution in [2.24, 2.45) is 0 Å². The van der Waals surface area contributed by atoms with E-state index in [0.717, 1.165) is 18.7 Å². The summed E-state index contributed by atoms with van der Waals surface area (Å²) in [6, 6.07) is 0. The molecule has 0 aliphatic carbocycles. The van der Waals surface area contributed by atoms with Crippen molar-refractivity contribution >= 4 is 18.5 Å². The molecule has 0 rings (SSSR count). The van der Waals surface area contributed by atoms with Gasteiger partial charge in [0.15, 0.2) is 0 Å². The lowest BCUT2D eigenvalue weighted by atomic mass is 10.1. The van der Waals surface area contributed by atoms with Crippen molar-refractivity contribution in [1.82, 2.24) is 5.32 Å². The Morgan fingerprint density at radius 1 is 0.882 bits per heavy atom. The molecule has 0 aromatic carbocycles. The van der Waals surface area contributed by atoms with Crippen LogP contribution in [0.2, 0.25) is 0 Å². The number of carbonyl (C=O) groups is 1. The first kappa shape index (κ1) is 16.8. The highest BCUT2D eigenvalue weighted by molar-refractivity contribution is 7.80. The largest absolute Gasteiger partial charge is 0.356 e. The van der Waals surface area contributed by atoms with Crippen molar-refractivity contribution in [3.63, 3.8) is 0 Å². The predicted octanol–water partition coefficient (Wildman–Crippen LogP) is 3.95. The molecule has 0 aliphatic rings. The molecule has 2 nitrogen and oxygen atoms in total. The minimum atomic E-state index is 0.208. The third-order valence-electron chi connectivity index (χ3n) is 2.94. The number of hydrogen-bond acceptors (Lipinski definition) is 2. The SMILES string of the molecule is CCNC(=O)CCCCCCCCCCCS. The first-order valence-electron chi connectivity index (χ1n) is 7.18. The van der Waals surface area contributed by atoms with Crippen LogP contribution in [0.1, 0.15) is 71.1 Å². The second-order valence-electron chi connectivity index (χ2n) is 4.61. The summed E-state index contributed by atoms with van der Waals surface area (Å²) in [7, 11) is 0. The van der Waals surface area contributed by atoms with E-state index in [1.807, 2.05) is 6.92 Å². The van der Waals surface area contributed by atoms with E-state index < -0.39 is 0 Å². The Labute approximate surface area is 112 Å². The number of rotatable bonds is 12. The number of thiol groups is 1. The van der Waals surface area contributed by atoms with Crippen molar-refractivity contribution < 1.29 is 4.79 Å². The average molecular weight is 259 g/mol. The van der Waals surface area contributed by atoms with Crippen LogP contribution in [0.3, 0.4) is 0 Å². The summed E-state index contributed by atoms with van der Waals surface area (Å²) in [6.45, 7) is 2.72. The van der Waals surface area contributed by atoms with Gasteiger partial charge in [-0.25, -0.2) is 0 Å². The molecule has 1 N–H and O–H groups in total. The molecule has 0 atom stereocenters. The molecule has 0 spiro atoms. The van der Waals surface area contributed by atoms with Crippen LogP contribution < -0.4 is 5.32 Å². The summed E-state index contributed by atoms with van der Waals surface area (Å²) in [5.74, 6) is 1.24. The Morgan fingerprint density at radius 3 is 1.82 bits per heavy atom. The Balaban J connectivity index is 3.01. The van der Waals surface area contributed by atoms with Crippen molar-refractivity contribution in [2.75, 3.05) is 12.3 Å². The molecule has 0 heterocycles. The highest BCUT2D eigenvalue weighted by Gasteiger charge is 1.98. The minimum Gasteiger partial charge on any atom is -0.356 e. The van der Waals surface area contributed by atoms with Crippen LogP contribution >= 0.6 is 12.6 Å². The molecule has 0 fully saturated rings. The summed E-state index contributed by atoms with van der Waals surface area (Å²) < 4.78 is 0.